The number of nitrogen functional groups attached to an aromatic ring is 1. The van der Waals surface area contributed by atoms with E-state index in [1.165, 1.54) is 26.0 Å². The van der Waals surface area contributed by atoms with Crippen LogP contribution < -0.4 is 15.9 Å². The molecule has 6 atom stereocenters. The van der Waals surface area contributed by atoms with Gasteiger partial charge in [0.1, 0.15) is 24.3 Å². The summed E-state index contributed by atoms with van der Waals surface area (Å²) in [6, 6.07) is 7.89. The molecule has 15 heteroatoms. The van der Waals surface area contributed by atoms with Gasteiger partial charge in [0.2, 0.25) is 5.95 Å². The molecular weight excluding hydrogens is 523 g/mol. The molecule has 0 saturated carbocycles. The Morgan fingerprint density at radius 3 is 2.61 bits per heavy atom. The summed E-state index contributed by atoms with van der Waals surface area (Å²) in [7, 11) is -4.56. The summed E-state index contributed by atoms with van der Waals surface area (Å²) in [5.74, 6) is 3.88. The number of esters is 1. The Morgan fingerprint density at radius 1 is 1.32 bits per heavy atom. The number of ether oxygens (including phenoxy) is 2. The Kier molecular flexibility index (Phi) is 9.26. The van der Waals surface area contributed by atoms with Crippen molar-refractivity contribution < 1.29 is 42.6 Å². The van der Waals surface area contributed by atoms with Crippen LogP contribution in [0.4, 0.5) is 5.95 Å². The molecule has 4 N–H and O–H groups in total. The van der Waals surface area contributed by atoms with Crippen LogP contribution in [0.3, 0.4) is 0 Å². The van der Waals surface area contributed by atoms with E-state index in [1.54, 1.807) is 32.0 Å². The number of nitrogens with two attached hydrogens (primary N) is 1. The zero-order valence-corrected chi connectivity index (χ0v) is 22.0. The molecule has 0 aliphatic carbocycles. The number of hydrogen-bond acceptors (Lipinski definition) is 13. The summed E-state index contributed by atoms with van der Waals surface area (Å²) in [6.45, 7) is 5.30. The van der Waals surface area contributed by atoms with Crippen molar-refractivity contribution in [2.45, 2.75) is 63.9 Å². The first-order chi connectivity index (χ1) is 17.9. The highest BCUT2D eigenvalue weighted by atomic mass is 31.2. The smallest absolute Gasteiger partial charge is 0.461 e. The molecule has 38 heavy (non-hydrogen) atoms. The van der Waals surface area contributed by atoms with Gasteiger partial charge in [0.25, 0.3) is 0 Å². The second-order valence-corrected chi connectivity index (χ2v) is 10.0. The summed E-state index contributed by atoms with van der Waals surface area (Å²) < 4.78 is 41.4. The molecule has 1 aliphatic heterocycles. The fourth-order valence-electron chi connectivity index (χ4n) is 3.45. The number of hydrogen-bond donors (Lipinski definition) is 3. The zero-order chi connectivity index (χ0) is 28.1. The third-order valence-corrected chi connectivity index (χ3v) is 6.61. The maximum atomic E-state index is 13.6. The van der Waals surface area contributed by atoms with Gasteiger partial charge in [-0.15, -0.1) is 5.92 Å². The van der Waals surface area contributed by atoms with Crippen LogP contribution in [0.1, 0.15) is 33.9 Å². The molecule has 14 nitrogen and oxygen atoms in total. The molecule has 2 heterocycles. The zero-order valence-electron chi connectivity index (χ0n) is 21.1. The highest BCUT2D eigenvalue weighted by Gasteiger charge is 2.57. The largest absolute Gasteiger partial charge is 0.530 e. The van der Waals surface area contributed by atoms with Crippen LogP contribution >= 0.6 is 7.82 Å². The number of aromatic nitrogens is 3. The number of aliphatic hydroxyl groups is 2. The minimum atomic E-state index is -4.56. The molecule has 1 aromatic carbocycles. The minimum Gasteiger partial charge on any atom is -0.461 e. The molecule has 2 aromatic rings. The van der Waals surface area contributed by atoms with Gasteiger partial charge in [-0.3, -0.25) is 13.6 Å². The van der Waals surface area contributed by atoms with Gasteiger partial charge in [-0.1, -0.05) is 24.1 Å². The number of aliphatic hydroxyl groups excluding tert-OH is 1. The van der Waals surface area contributed by atoms with E-state index in [0.29, 0.717) is 0 Å². The van der Waals surface area contributed by atoms with Gasteiger partial charge in [-0.05, 0) is 39.8 Å². The van der Waals surface area contributed by atoms with Crippen LogP contribution in [-0.4, -0.2) is 67.3 Å². The molecule has 1 aromatic heterocycles. The molecular formula is C23H29N4O10P. The fraction of sp³-hybridized carbons (Fsp3) is 0.478. The predicted molar refractivity (Wildman–Crippen MR) is 131 cm³/mol. The standard InChI is InChI=1S/C23H29N4O10P/c1-5-11-23(31)18(28)17(35-20(23)27-13-25-21(24)26-22(27)30)12-33-38(32,37-16-9-7-6-8-10-16)36-15(4)19(29)34-14(2)3/h6-10,13-15,17-18,20,28,31H,12H2,1-4H3,(H2,24,26,30)/t15-,17+,18-,20+,23?,38?/m0/s1. The lowest BCUT2D eigenvalue weighted by Gasteiger charge is -2.26. The third-order valence-electron chi connectivity index (χ3n) is 5.13. The molecule has 1 saturated heterocycles. The van der Waals surface area contributed by atoms with Crippen molar-refractivity contribution in [1.82, 2.24) is 14.5 Å². The van der Waals surface area contributed by atoms with Crippen LogP contribution in [0.15, 0.2) is 41.5 Å². The van der Waals surface area contributed by atoms with Crippen molar-refractivity contribution in [3.63, 3.8) is 0 Å². The van der Waals surface area contributed by atoms with Crippen LogP contribution in [0.5, 0.6) is 5.75 Å². The number of para-hydroxylation sites is 1. The number of carbonyl (C=O) groups is 1. The molecule has 1 aliphatic rings. The SMILES string of the molecule is CC#CC1(O)[C@@H](O)[C@@H](COP(=O)(Oc2ccccc2)O[C@@H](C)C(=O)OC(C)C)O[C@H]1n1cnc(N)nc1=O. The van der Waals surface area contributed by atoms with Crippen molar-refractivity contribution in [1.29, 1.82) is 0 Å². The maximum absolute atomic E-state index is 13.6. The van der Waals surface area contributed by atoms with Gasteiger partial charge in [0.05, 0.1) is 12.7 Å². The van der Waals surface area contributed by atoms with E-state index in [0.717, 1.165) is 10.9 Å². The summed E-state index contributed by atoms with van der Waals surface area (Å²) in [5.41, 5.74) is 2.19. The Labute approximate surface area is 218 Å². The maximum Gasteiger partial charge on any atom is 0.530 e. The van der Waals surface area contributed by atoms with Gasteiger partial charge < -0.3 is 29.9 Å². The lowest BCUT2D eigenvalue weighted by atomic mass is 9.94. The van der Waals surface area contributed by atoms with E-state index >= 15 is 0 Å². The number of anilines is 1. The number of phosphoric ester groups is 1. The number of carbonyl (C=O) groups excluding carboxylic acids is 1. The normalized spacial score (nSPS) is 25.2. The van der Waals surface area contributed by atoms with Gasteiger partial charge in [-0.25, -0.2) is 19.1 Å². The molecule has 206 valence electrons. The lowest BCUT2D eigenvalue weighted by Crippen LogP contribution is -2.48. The number of phosphoric acid groups is 1. The van der Waals surface area contributed by atoms with Crippen molar-refractivity contribution >= 4 is 19.7 Å². The molecule has 0 bridgehead atoms. The molecule has 1 fully saturated rings. The predicted octanol–water partition coefficient (Wildman–Crippen LogP) is 0.794. The monoisotopic (exact) mass is 552 g/mol. The van der Waals surface area contributed by atoms with E-state index in [1.807, 2.05) is 0 Å². The average molecular weight is 552 g/mol. The number of benzene rings is 1. The van der Waals surface area contributed by atoms with Crippen LogP contribution in [0.2, 0.25) is 0 Å². The molecule has 0 radical (unpaired) electrons. The molecule has 0 spiro atoms. The Balaban J connectivity index is 1.86. The second kappa shape index (κ2) is 12.0. The topological polar surface area (TPSA) is 195 Å². The third kappa shape index (κ3) is 6.76. The summed E-state index contributed by atoms with van der Waals surface area (Å²) in [6.07, 6.45) is -5.59. The first kappa shape index (κ1) is 29.2. The van der Waals surface area contributed by atoms with Gasteiger partial charge in [-0.2, -0.15) is 4.98 Å². The summed E-state index contributed by atoms with van der Waals surface area (Å²) in [4.78, 5) is 31.8. The van der Waals surface area contributed by atoms with Crippen molar-refractivity contribution in [2.75, 3.05) is 12.3 Å². The Morgan fingerprint density at radius 2 is 2.00 bits per heavy atom. The van der Waals surface area contributed by atoms with Crippen LogP contribution in [0, 0.1) is 11.8 Å². The quantitative estimate of drug-likeness (QED) is 0.213. The highest BCUT2D eigenvalue weighted by molar-refractivity contribution is 7.49. The van der Waals surface area contributed by atoms with E-state index < -0.39 is 62.3 Å². The van der Waals surface area contributed by atoms with Gasteiger partial charge in [0.15, 0.2) is 17.9 Å². The van der Waals surface area contributed by atoms with E-state index in [4.69, 9.17) is 28.8 Å². The van der Waals surface area contributed by atoms with E-state index in [2.05, 4.69) is 21.8 Å². The summed E-state index contributed by atoms with van der Waals surface area (Å²) >= 11 is 0. The fourth-order valence-corrected chi connectivity index (χ4v) is 4.79. The van der Waals surface area contributed by atoms with Gasteiger partial charge >= 0.3 is 19.5 Å². The lowest BCUT2D eigenvalue weighted by molar-refractivity contribution is -0.156. The molecule has 0 amide bonds. The highest BCUT2D eigenvalue weighted by Crippen LogP contribution is 2.51. The molecule has 3 rings (SSSR count). The van der Waals surface area contributed by atoms with Crippen LogP contribution in [-0.2, 0) is 27.9 Å². The number of rotatable bonds is 10. The Hall–Kier alpha value is -3.31. The second-order valence-electron chi connectivity index (χ2n) is 8.46. The van der Waals surface area contributed by atoms with Gasteiger partial charge in [0, 0.05) is 0 Å². The average Bonchev–Trinajstić information content (AvgIpc) is 3.08. The van der Waals surface area contributed by atoms with Crippen molar-refractivity contribution in [3.05, 3.63) is 47.1 Å². The van der Waals surface area contributed by atoms with Crippen molar-refractivity contribution in [3.8, 4) is 17.6 Å². The first-order valence-electron chi connectivity index (χ1n) is 11.5. The van der Waals surface area contributed by atoms with E-state index in [-0.39, 0.29) is 11.7 Å². The van der Waals surface area contributed by atoms with Crippen LogP contribution in [0.25, 0.3) is 0 Å². The Bertz CT molecular complexity index is 1290. The van der Waals surface area contributed by atoms with E-state index in [9.17, 15) is 24.4 Å². The molecule has 2 unspecified atom stereocenters. The first-order valence-corrected chi connectivity index (χ1v) is 12.9. The summed E-state index contributed by atoms with van der Waals surface area (Å²) in [5, 5.41) is 22.0. The minimum absolute atomic E-state index is 0.102. The number of nitrogens with zero attached hydrogens (tertiary/aromatic N) is 3. The van der Waals surface area contributed by atoms with Crippen molar-refractivity contribution in [2.24, 2.45) is 0 Å².